The zero-order chi connectivity index (χ0) is 19.7. The van der Waals surface area contributed by atoms with Gasteiger partial charge < -0.3 is 9.88 Å². The van der Waals surface area contributed by atoms with Gasteiger partial charge in [0.2, 0.25) is 5.91 Å². The molecule has 1 saturated heterocycles. The van der Waals surface area contributed by atoms with Gasteiger partial charge in [-0.15, -0.1) is 0 Å². The molecule has 3 aromatic heterocycles. The van der Waals surface area contributed by atoms with Crippen molar-refractivity contribution in [2.45, 2.75) is 46.2 Å². The highest BCUT2D eigenvalue weighted by Crippen LogP contribution is 2.25. The molecule has 0 aliphatic carbocycles. The molecule has 1 aliphatic heterocycles. The zero-order valence-corrected chi connectivity index (χ0v) is 16.9. The smallest absolute Gasteiger partial charge is 0.241 e. The number of hydrogen-bond acceptors (Lipinski definition) is 4. The molecule has 1 fully saturated rings. The fourth-order valence-corrected chi connectivity index (χ4v) is 4.22. The van der Waals surface area contributed by atoms with Gasteiger partial charge in [-0.1, -0.05) is 6.92 Å². The molecular weight excluding hydrogens is 352 g/mol. The van der Waals surface area contributed by atoms with Crippen LogP contribution < -0.4 is 5.32 Å². The molecule has 1 amide bonds. The summed E-state index contributed by atoms with van der Waals surface area (Å²) in [6, 6.07) is 6.44. The van der Waals surface area contributed by atoms with E-state index in [0.717, 1.165) is 47.6 Å². The van der Waals surface area contributed by atoms with Crippen molar-refractivity contribution in [2.24, 2.45) is 0 Å². The van der Waals surface area contributed by atoms with Crippen LogP contribution in [0.2, 0.25) is 0 Å². The maximum atomic E-state index is 12.6. The van der Waals surface area contributed by atoms with Crippen molar-refractivity contribution in [1.82, 2.24) is 29.5 Å². The summed E-state index contributed by atoms with van der Waals surface area (Å²) < 4.78 is 3.70. The monoisotopic (exact) mass is 380 g/mol. The van der Waals surface area contributed by atoms with Gasteiger partial charge in [-0.3, -0.25) is 9.69 Å². The van der Waals surface area contributed by atoms with E-state index in [1.807, 2.05) is 36.0 Å². The van der Waals surface area contributed by atoms with Gasteiger partial charge >= 0.3 is 0 Å². The SMILES string of the molecule is CCN1CCCC1CNC(=O)Cn1nc(-n2cccc2)c2c(C)cc(C)nc21. The molecule has 0 bridgehead atoms. The number of nitrogens with one attached hydrogen (secondary N) is 1. The minimum Gasteiger partial charge on any atom is -0.353 e. The molecule has 1 unspecified atom stereocenters. The first-order valence-electron chi connectivity index (χ1n) is 10.1. The molecule has 0 aromatic carbocycles. The first kappa shape index (κ1) is 18.7. The Labute approximate surface area is 165 Å². The van der Waals surface area contributed by atoms with Crippen LogP contribution in [0.1, 0.15) is 31.0 Å². The van der Waals surface area contributed by atoms with Gasteiger partial charge in [0.15, 0.2) is 11.5 Å². The van der Waals surface area contributed by atoms with Crippen molar-refractivity contribution < 1.29 is 4.79 Å². The fourth-order valence-electron chi connectivity index (χ4n) is 4.22. The van der Waals surface area contributed by atoms with E-state index in [1.54, 1.807) is 4.68 Å². The Morgan fingerprint density at radius 1 is 1.29 bits per heavy atom. The average Bonchev–Trinajstić information content (AvgIpc) is 3.40. The number of likely N-dealkylation sites (tertiary alicyclic amines) is 1. The Hall–Kier alpha value is -2.67. The second kappa shape index (κ2) is 7.75. The molecule has 28 heavy (non-hydrogen) atoms. The van der Waals surface area contributed by atoms with Crippen LogP contribution in [-0.4, -0.2) is 55.8 Å². The Morgan fingerprint density at radius 2 is 2.07 bits per heavy atom. The van der Waals surface area contributed by atoms with Gasteiger partial charge in [-0.2, -0.15) is 5.10 Å². The molecule has 0 saturated carbocycles. The summed E-state index contributed by atoms with van der Waals surface area (Å²) in [6.45, 7) is 9.24. The largest absolute Gasteiger partial charge is 0.353 e. The minimum absolute atomic E-state index is 0.0210. The van der Waals surface area contributed by atoms with E-state index in [0.29, 0.717) is 12.6 Å². The Balaban J connectivity index is 1.57. The van der Waals surface area contributed by atoms with E-state index in [4.69, 9.17) is 5.10 Å². The third-order valence-electron chi connectivity index (χ3n) is 5.59. The predicted octanol–water partition coefficient (Wildman–Crippen LogP) is 2.44. The van der Waals surface area contributed by atoms with E-state index in [9.17, 15) is 4.79 Å². The van der Waals surface area contributed by atoms with Crippen LogP contribution in [-0.2, 0) is 11.3 Å². The van der Waals surface area contributed by atoms with Gasteiger partial charge in [0.05, 0.1) is 5.39 Å². The van der Waals surface area contributed by atoms with Crippen LogP contribution >= 0.6 is 0 Å². The highest BCUT2D eigenvalue weighted by molar-refractivity contribution is 5.88. The highest BCUT2D eigenvalue weighted by Gasteiger charge is 2.23. The number of carbonyl (C=O) groups excluding carboxylic acids is 1. The van der Waals surface area contributed by atoms with Crippen molar-refractivity contribution in [3.8, 4) is 5.82 Å². The van der Waals surface area contributed by atoms with E-state index in [2.05, 4.69) is 35.1 Å². The molecule has 1 N–H and O–H groups in total. The van der Waals surface area contributed by atoms with Gasteiger partial charge in [-0.25, -0.2) is 9.67 Å². The van der Waals surface area contributed by atoms with Crippen molar-refractivity contribution in [3.63, 3.8) is 0 Å². The molecule has 148 valence electrons. The lowest BCUT2D eigenvalue weighted by molar-refractivity contribution is -0.122. The maximum absolute atomic E-state index is 12.6. The number of hydrogen-bond donors (Lipinski definition) is 1. The number of pyridine rings is 1. The molecule has 3 aromatic rings. The first-order valence-corrected chi connectivity index (χ1v) is 10.1. The number of fused-ring (bicyclic) bond motifs is 1. The Bertz CT molecular complexity index is 975. The lowest BCUT2D eigenvalue weighted by Crippen LogP contribution is -2.41. The molecule has 4 rings (SSSR count). The number of nitrogens with zero attached hydrogens (tertiary/aromatic N) is 5. The quantitative estimate of drug-likeness (QED) is 0.713. The average molecular weight is 380 g/mol. The normalized spacial score (nSPS) is 17.5. The van der Waals surface area contributed by atoms with Crippen molar-refractivity contribution in [3.05, 3.63) is 41.9 Å². The minimum atomic E-state index is -0.0210. The summed E-state index contributed by atoms with van der Waals surface area (Å²) in [7, 11) is 0. The molecule has 7 nitrogen and oxygen atoms in total. The van der Waals surface area contributed by atoms with Crippen molar-refractivity contribution in [2.75, 3.05) is 19.6 Å². The van der Waals surface area contributed by atoms with Crippen molar-refractivity contribution >= 4 is 16.9 Å². The van der Waals surface area contributed by atoms with Crippen molar-refractivity contribution in [1.29, 1.82) is 0 Å². The summed E-state index contributed by atoms with van der Waals surface area (Å²) in [4.78, 5) is 19.8. The molecular formula is C21H28N6O. The Kier molecular flexibility index (Phi) is 5.17. The van der Waals surface area contributed by atoms with Crippen LogP contribution in [0.15, 0.2) is 30.6 Å². The number of likely N-dealkylation sites (N-methyl/N-ethyl adjacent to an activating group) is 1. The topological polar surface area (TPSA) is 68.0 Å². The number of aromatic nitrogens is 4. The van der Waals surface area contributed by atoms with Crippen LogP contribution in [0.5, 0.6) is 0 Å². The van der Waals surface area contributed by atoms with Gasteiger partial charge in [0.25, 0.3) is 0 Å². The highest BCUT2D eigenvalue weighted by atomic mass is 16.2. The van der Waals surface area contributed by atoms with Crippen LogP contribution in [0.25, 0.3) is 16.9 Å². The fraction of sp³-hybridized carbons (Fsp3) is 0.476. The summed E-state index contributed by atoms with van der Waals surface area (Å²) in [5.41, 5.74) is 2.80. The van der Waals surface area contributed by atoms with Crippen LogP contribution in [0.4, 0.5) is 0 Å². The van der Waals surface area contributed by atoms with Gasteiger partial charge in [0, 0.05) is 30.7 Å². The maximum Gasteiger partial charge on any atom is 0.241 e. The summed E-state index contributed by atoms with van der Waals surface area (Å²) >= 11 is 0. The number of aryl methyl sites for hydroxylation is 2. The van der Waals surface area contributed by atoms with Crippen LogP contribution in [0.3, 0.4) is 0 Å². The predicted molar refractivity (Wildman–Crippen MR) is 110 cm³/mol. The molecule has 4 heterocycles. The van der Waals surface area contributed by atoms with E-state index >= 15 is 0 Å². The van der Waals surface area contributed by atoms with E-state index < -0.39 is 0 Å². The Morgan fingerprint density at radius 3 is 2.82 bits per heavy atom. The third-order valence-corrected chi connectivity index (χ3v) is 5.59. The molecule has 7 heteroatoms. The first-order chi connectivity index (χ1) is 13.6. The summed E-state index contributed by atoms with van der Waals surface area (Å²) in [5, 5.41) is 8.82. The second-order valence-electron chi connectivity index (χ2n) is 7.58. The van der Waals surface area contributed by atoms with E-state index in [-0.39, 0.29) is 12.5 Å². The number of rotatable bonds is 6. The third kappa shape index (κ3) is 3.54. The lowest BCUT2D eigenvalue weighted by atomic mass is 10.2. The summed E-state index contributed by atoms with van der Waals surface area (Å²) in [5.74, 6) is 0.790. The zero-order valence-electron chi connectivity index (χ0n) is 16.9. The molecule has 0 radical (unpaired) electrons. The van der Waals surface area contributed by atoms with E-state index in [1.165, 1.54) is 6.42 Å². The molecule has 1 atom stereocenters. The molecule has 0 spiro atoms. The van der Waals surface area contributed by atoms with Gasteiger partial charge in [0.1, 0.15) is 6.54 Å². The number of carbonyl (C=O) groups is 1. The van der Waals surface area contributed by atoms with Gasteiger partial charge in [-0.05, 0) is 63.5 Å². The second-order valence-corrected chi connectivity index (χ2v) is 7.58. The number of amides is 1. The lowest BCUT2D eigenvalue weighted by Gasteiger charge is -2.22. The summed E-state index contributed by atoms with van der Waals surface area (Å²) in [6.07, 6.45) is 6.28. The van der Waals surface area contributed by atoms with Crippen LogP contribution in [0, 0.1) is 13.8 Å². The molecule has 1 aliphatic rings. The standard InChI is InChI=1S/C21H28N6O/c1-4-25-11-7-8-17(25)13-22-18(28)14-27-20-19(15(2)12-16(3)23-20)21(24-27)26-9-5-6-10-26/h5-6,9-10,12,17H,4,7-8,11,13-14H2,1-3H3,(H,22,28).